The van der Waals surface area contributed by atoms with Crippen LogP contribution in [0.2, 0.25) is 0 Å². The Labute approximate surface area is 115 Å². The summed E-state index contributed by atoms with van der Waals surface area (Å²) in [5.41, 5.74) is 6.88. The predicted octanol–water partition coefficient (Wildman–Crippen LogP) is 1.87. The van der Waals surface area contributed by atoms with Crippen LogP contribution in [0.15, 0.2) is 22.7 Å². The van der Waals surface area contributed by atoms with Crippen LogP contribution in [0.1, 0.15) is 23.2 Å². The summed E-state index contributed by atoms with van der Waals surface area (Å²) in [6.07, 6.45) is 1.40. The summed E-state index contributed by atoms with van der Waals surface area (Å²) in [6.45, 7) is 0.683. The van der Waals surface area contributed by atoms with Gasteiger partial charge in [-0.2, -0.15) is 0 Å². The fraction of sp³-hybridized carbons (Fsp3) is 0.462. The van der Waals surface area contributed by atoms with Gasteiger partial charge in [0, 0.05) is 29.3 Å². The van der Waals surface area contributed by atoms with Crippen LogP contribution >= 0.6 is 15.9 Å². The van der Waals surface area contributed by atoms with E-state index in [1.54, 1.807) is 30.1 Å². The summed E-state index contributed by atoms with van der Waals surface area (Å²) in [6, 6.07) is 5.21. The summed E-state index contributed by atoms with van der Waals surface area (Å²) >= 11 is 3.33. The van der Waals surface area contributed by atoms with E-state index in [1.165, 1.54) is 0 Å². The van der Waals surface area contributed by atoms with Crippen molar-refractivity contribution >= 4 is 27.5 Å². The molecule has 1 amide bonds. The second kappa shape index (κ2) is 5.28. The second-order valence-electron chi connectivity index (χ2n) is 4.95. The normalized spacial score (nSPS) is 22.4. The van der Waals surface area contributed by atoms with E-state index >= 15 is 0 Å². The van der Waals surface area contributed by atoms with Crippen molar-refractivity contribution in [3.63, 3.8) is 0 Å². The first-order valence-electron chi connectivity index (χ1n) is 5.95. The van der Waals surface area contributed by atoms with Gasteiger partial charge >= 0.3 is 0 Å². The number of nitrogens with zero attached hydrogens (tertiary/aromatic N) is 1. The smallest absolute Gasteiger partial charge is 0.253 e. The SMILES string of the molecule is CN(CC1CC(O)C1)C(=O)c1cc(N)cc(Br)c1. The molecule has 1 aromatic carbocycles. The molecule has 0 aromatic heterocycles. The summed E-state index contributed by atoms with van der Waals surface area (Å²) < 4.78 is 0.804. The molecule has 0 unspecified atom stereocenters. The number of aliphatic hydroxyl groups is 1. The fourth-order valence-corrected chi connectivity index (χ4v) is 2.79. The van der Waals surface area contributed by atoms with Crippen LogP contribution in [-0.4, -0.2) is 35.6 Å². The van der Waals surface area contributed by atoms with Crippen molar-refractivity contribution in [2.75, 3.05) is 19.3 Å². The number of halogens is 1. The van der Waals surface area contributed by atoms with E-state index in [0.29, 0.717) is 23.7 Å². The first-order chi connectivity index (χ1) is 8.45. The number of nitrogens with two attached hydrogens (primary N) is 1. The highest BCUT2D eigenvalue weighted by Gasteiger charge is 2.29. The molecular weight excluding hydrogens is 296 g/mol. The van der Waals surface area contributed by atoms with Gasteiger partial charge in [-0.25, -0.2) is 0 Å². The van der Waals surface area contributed by atoms with Crippen molar-refractivity contribution in [3.05, 3.63) is 28.2 Å². The Bertz CT molecular complexity index is 438. The third kappa shape index (κ3) is 3.03. The topological polar surface area (TPSA) is 66.6 Å². The highest BCUT2D eigenvalue weighted by molar-refractivity contribution is 9.10. The van der Waals surface area contributed by atoms with E-state index < -0.39 is 0 Å². The Kier molecular flexibility index (Phi) is 3.92. The van der Waals surface area contributed by atoms with Gasteiger partial charge in [0.25, 0.3) is 5.91 Å². The number of anilines is 1. The molecule has 0 atom stereocenters. The van der Waals surface area contributed by atoms with Crippen molar-refractivity contribution < 1.29 is 9.90 Å². The monoisotopic (exact) mass is 312 g/mol. The minimum atomic E-state index is -0.181. The molecule has 18 heavy (non-hydrogen) atoms. The van der Waals surface area contributed by atoms with Gasteiger partial charge in [0.2, 0.25) is 0 Å². The van der Waals surface area contributed by atoms with E-state index in [1.807, 2.05) is 0 Å². The molecule has 4 nitrogen and oxygen atoms in total. The number of carbonyl (C=O) groups excluding carboxylic acids is 1. The summed E-state index contributed by atoms with van der Waals surface area (Å²) in [5, 5.41) is 9.23. The molecule has 0 saturated heterocycles. The van der Waals surface area contributed by atoms with Gasteiger partial charge in [-0.1, -0.05) is 15.9 Å². The zero-order valence-corrected chi connectivity index (χ0v) is 11.9. The number of benzene rings is 1. The molecule has 1 fully saturated rings. The van der Waals surface area contributed by atoms with E-state index in [0.717, 1.165) is 17.3 Å². The average Bonchev–Trinajstić information content (AvgIpc) is 2.24. The fourth-order valence-electron chi connectivity index (χ4n) is 2.28. The van der Waals surface area contributed by atoms with Gasteiger partial charge in [0.15, 0.2) is 0 Å². The average molecular weight is 313 g/mol. The molecule has 2 rings (SSSR count). The molecular formula is C13H17BrN2O2. The number of carbonyl (C=O) groups is 1. The molecule has 1 aliphatic rings. The minimum Gasteiger partial charge on any atom is -0.399 e. The van der Waals surface area contributed by atoms with Crippen LogP contribution in [0.25, 0.3) is 0 Å². The Balaban J connectivity index is 2.01. The van der Waals surface area contributed by atoms with Crippen molar-refractivity contribution in [1.29, 1.82) is 0 Å². The number of hydrogen-bond donors (Lipinski definition) is 2. The molecule has 1 aliphatic carbocycles. The lowest BCUT2D eigenvalue weighted by atomic mass is 9.82. The van der Waals surface area contributed by atoms with Gasteiger partial charge < -0.3 is 15.7 Å². The molecule has 3 N–H and O–H groups in total. The number of rotatable bonds is 3. The second-order valence-corrected chi connectivity index (χ2v) is 5.87. The maximum absolute atomic E-state index is 12.2. The standard InChI is InChI=1S/C13H17BrN2O2/c1-16(7-8-2-12(17)3-8)13(18)9-4-10(14)6-11(15)5-9/h4-6,8,12,17H,2-3,7,15H2,1H3. The molecule has 98 valence electrons. The zero-order valence-electron chi connectivity index (χ0n) is 10.3. The Morgan fingerprint density at radius 2 is 2.17 bits per heavy atom. The third-order valence-electron chi connectivity index (χ3n) is 3.26. The van der Waals surface area contributed by atoms with Gasteiger partial charge in [0.1, 0.15) is 0 Å². The van der Waals surface area contributed by atoms with Crippen molar-refractivity contribution in [1.82, 2.24) is 4.90 Å². The Morgan fingerprint density at radius 3 is 2.72 bits per heavy atom. The van der Waals surface area contributed by atoms with Gasteiger partial charge in [-0.15, -0.1) is 0 Å². The van der Waals surface area contributed by atoms with E-state index in [-0.39, 0.29) is 12.0 Å². The van der Waals surface area contributed by atoms with Crippen molar-refractivity contribution in [3.8, 4) is 0 Å². The lowest BCUT2D eigenvalue weighted by molar-refractivity contribution is 0.0265. The molecule has 1 saturated carbocycles. The molecule has 0 aliphatic heterocycles. The Morgan fingerprint density at radius 1 is 1.50 bits per heavy atom. The lowest BCUT2D eigenvalue weighted by Crippen LogP contribution is -2.39. The van der Waals surface area contributed by atoms with Gasteiger partial charge in [-0.3, -0.25) is 4.79 Å². The third-order valence-corrected chi connectivity index (χ3v) is 3.71. The van der Waals surface area contributed by atoms with Crippen molar-refractivity contribution in [2.24, 2.45) is 5.92 Å². The molecule has 0 spiro atoms. The zero-order chi connectivity index (χ0) is 13.3. The van der Waals surface area contributed by atoms with E-state index in [9.17, 15) is 9.90 Å². The van der Waals surface area contributed by atoms with E-state index in [4.69, 9.17) is 5.73 Å². The number of nitrogen functional groups attached to an aromatic ring is 1. The van der Waals surface area contributed by atoms with Crippen LogP contribution in [0.4, 0.5) is 5.69 Å². The number of hydrogen-bond acceptors (Lipinski definition) is 3. The first kappa shape index (κ1) is 13.4. The molecule has 0 bridgehead atoms. The first-order valence-corrected chi connectivity index (χ1v) is 6.74. The van der Waals surface area contributed by atoms with Crippen LogP contribution < -0.4 is 5.73 Å². The van der Waals surface area contributed by atoms with Gasteiger partial charge in [-0.05, 0) is 37.0 Å². The molecule has 0 radical (unpaired) electrons. The summed E-state index contributed by atoms with van der Waals surface area (Å²) in [5.74, 6) is 0.378. The van der Waals surface area contributed by atoms with Gasteiger partial charge in [0.05, 0.1) is 6.10 Å². The maximum Gasteiger partial charge on any atom is 0.253 e. The van der Waals surface area contributed by atoms with E-state index in [2.05, 4.69) is 15.9 Å². The number of amides is 1. The Hall–Kier alpha value is -1.07. The van der Waals surface area contributed by atoms with Crippen molar-refractivity contribution in [2.45, 2.75) is 18.9 Å². The van der Waals surface area contributed by atoms with Crippen LogP contribution in [0.5, 0.6) is 0 Å². The number of aliphatic hydroxyl groups excluding tert-OH is 1. The highest BCUT2D eigenvalue weighted by Crippen LogP contribution is 2.28. The minimum absolute atomic E-state index is 0.0376. The lowest BCUT2D eigenvalue weighted by Gasteiger charge is -2.34. The quantitative estimate of drug-likeness (QED) is 0.837. The predicted molar refractivity (Wildman–Crippen MR) is 74.2 cm³/mol. The highest BCUT2D eigenvalue weighted by atomic mass is 79.9. The van der Waals surface area contributed by atoms with Crippen LogP contribution in [0, 0.1) is 5.92 Å². The summed E-state index contributed by atoms with van der Waals surface area (Å²) in [7, 11) is 1.78. The van der Waals surface area contributed by atoms with Crippen LogP contribution in [-0.2, 0) is 0 Å². The maximum atomic E-state index is 12.2. The summed E-state index contributed by atoms with van der Waals surface area (Å²) in [4.78, 5) is 13.9. The molecule has 1 aromatic rings. The molecule has 0 heterocycles. The molecule has 5 heteroatoms. The largest absolute Gasteiger partial charge is 0.399 e. The van der Waals surface area contributed by atoms with Crippen LogP contribution in [0.3, 0.4) is 0 Å².